The average Bonchev–Trinajstić information content (AvgIpc) is 3.30. The highest BCUT2D eigenvalue weighted by atomic mass is 19.3. The molecule has 1 atom stereocenters. The van der Waals surface area contributed by atoms with Crippen molar-refractivity contribution in [3.8, 4) is 0 Å². The first-order valence-corrected chi connectivity index (χ1v) is 12.7. The van der Waals surface area contributed by atoms with Gasteiger partial charge in [-0.3, -0.25) is 15.1 Å². The van der Waals surface area contributed by atoms with E-state index in [-0.39, 0.29) is 30.8 Å². The summed E-state index contributed by atoms with van der Waals surface area (Å²) >= 11 is 0. The molecule has 2 N–H and O–H groups in total. The van der Waals surface area contributed by atoms with Crippen molar-refractivity contribution in [3.63, 3.8) is 0 Å². The topological polar surface area (TPSA) is 107 Å². The molecule has 1 aromatic carbocycles. The molecule has 204 valence electrons. The number of hydrogen-bond acceptors (Lipinski definition) is 8. The molecule has 2 fully saturated rings. The Morgan fingerprint density at radius 2 is 1.84 bits per heavy atom. The predicted octanol–water partition coefficient (Wildman–Crippen LogP) is 3.49. The zero-order valence-corrected chi connectivity index (χ0v) is 22.1. The molecule has 4 heterocycles. The van der Waals surface area contributed by atoms with Gasteiger partial charge in [-0.05, 0) is 45.0 Å². The summed E-state index contributed by atoms with van der Waals surface area (Å²) in [5.41, 5.74) is 1.50. The van der Waals surface area contributed by atoms with Crippen LogP contribution in [-0.2, 0) is 26.3 Å². The van der Waals surface area contributed by atoms with Gasteiger partial charge in [0.2, 0.25) is 5.91 Å². The van der Waals surface area contributed by atoms with Crippen molar-refractivity contribution in [2.24, 2.45) is 0 Å². The van der Waals surface area contributed by atoms with E-state index < -0.39 is 23.9 Å². The third-order valence-corrected chi connectivity index (χ3v) is 7.36. The normalized spacial score (nSPS) is 22.0. The number of rotatable bonds is 5. The van der Waals surface area contributed by atoms with Gasteiger partial charge in [-0.2, -0.15) is 0 Å². The van der Waals surface area contributed by atoms with E-state index in [0.29, 0.717) is 36.1 Å². The van der Waals surface area contributed by atoms with Crippen molar-refractivity contribution in [2.45, 2.75) is 51.2 Å². The van der Waals surface area contributed by atoms with Crippen molar-refractivity contribution in [1.29, 1.82) is 5.41 Å². The third kappa shape index (κ3) is 4.61. The van der Waals surface area contributed by atoms with Crippen LogP contribution in [0.2, 0.25) is 0 Å². The van der Waals surface area contributed by atoms with E-state index in [1.165, 1.54) is 4.90 Å². The number of amides is 1. The number of carbonyl (C=O) groups is 1. The highest BCUT2D eigenvalue weighted by Gasteiger charge is 2.48. The molecule has 0 unspecified atom stereocenters. The van der Waals surface area contributed by atoms with Gasteiger partial charge in [-0.15, -0.1) is 0 Å². The lowest BCUT2D eigenvalue weighted by Gasteiger charge is -2.29. The van der Waals surface area contributed by atoms with Crippen LogP contribution in [0.5, 0.6) is 0 Å². The number of amidine groups is 1. The molecule has 2 aromatic rings. The number of fused-ring (bicyclic) bond motifs is 1. The maximum absolute atomic E-state index is 13.8. The number of halogens is 2. The molecule has 10 nitrogen and oxygen atoms in total. The van der Waals surface area contributed by atoms with Crippen LogP contribution >= 0.6 is 0 Å². The molecule has 3 aliphatic heterocycles. The Morgan fingerprint density at radius 1 is 1.18 bits per heavy atom. The summed E-state index contributed by atoms with van der Waals surface area (Å²) in [4.78, 5) is 27.9. The lowest BCUT2D eigenvalue weighted by Crippen LogP contribution is -2.36. The lowest BCUT2D eigenvalue weighted by atomic mass is 9.87. The van der Waals surface area contributed by atoms with E-state index >= 15 is 0 Å². The Morgan fingerprint density at radius 3 is 2.45 bits per heavy atom. The number of likely N-dealkylation sites (tertiary alicyclic amines) is 1. The summed E-state index contributed by atoms with van der Waals surface area (Å²) in [7, 11) is 1.71. The van der Waals surface area contributed by atoms with E-state index in [1.807, 2.05) is 38.1 Å². The van der Waals surface area contributed by atoms with Crippen LogP contribution in [0.3, 0.4) is 0 Å². The largest absolute Gasteiger partial charge is 0.457 e. The van der Waals surface area contributed by atoms with E-state index in [0.717, 1.165) is 18.8 Å². The molecule has 38 heavy (non-hydrogen) atoms. The Bertz CT molecular complexity index is 1230. The van der Waals surface area contributed by atoms with Gasteiger partial charge >= 0.3 is 0 Å². The summed E-state index contributed by atoms with van der Waals surface area (Å²) in [5.74, 6) is -1.85. The molecule has 12 heteroatoms. The molecule has 0 saturated carbocycles. The molecule has 0 bridgehead atoms. The van der Waals surface area contributed by atoms with Gasteiger partial charge in [0.15, 0.2) is 12.4 Å². The third-order valence-electron chi connectivity index (χ3n) is 7.36. The second-order valence-electron chi connectivity index (χ2n) is 10.4. The fourth-order valence-electron chi connectivity index (χ4n) is 5.33. The minimum Gasteiger partial charge on any atom is -0.457 e. The van der Waals surface area contributed by atoms with Gasteiger partial charge in [0.05, 0.1) is 36.4 Å². The number of carbonyl (C=O) groups excluding carboxylic acids is 1. The summed E-state index contributed by atoms with van der Waals surface area (Å²) in [5, 5.41) is 11.3. The molecule has 1 amide bonds. The molecule has 0 radical (unpaired) electrons. The fraction of sp³-hybridized carbons (Fsp3) is 0.538. The quantitative estimate of drug-likeness (QED) is 0.448. The number of morpholine rings is 1. The number of anilines is 4. The maximum Gasteiger partial charge on any atom is 0.285 e. The molecular weight excluding hydrogens is 496 g/mol. The zero-order valence-electron chi connectivity index (χ0n) is 22.1. The van der Waals surface area contributed by atoms with E-state index in [4.69, 9.17) is 14.9 Å². The minimum atomic E-state index is -2.86. The second kappa shape index (κ2) is 9.64. The molecule has 1 aromatic heterocycles. The van der Waals surface area contributed by atoms with Crippen LogP contribution in [0.4, 0.5) is 31.8 Å². The minimum absolute atomic E-state index is 0.142. The first-order chi connectivity index (χ1) is 18.0. The number of hydrogen-bond donors (Lipinski definition) is 2. The fourth-order valence-corrected chi connectivity index (χ4v) is 5.33. The van der Waals surface area contributed by atoms with Crippen LogP contribution in [0, 0.1) is 5.41 Å². The van der Waals surface area contributed by atoms with E-state index in [1.54, 1.807) is 18.9 Å². The number of nitrogens with zero attached hydrogens (tertiary/aromatic N) is 5. The first-order valence-electron chi connectivity index (χ1n) is 12.7. The number of benzene rings is 1. The lowest BCUT2D eigenvalue weighted by molar-refractivity contribution is -0.121. The molecule has 0 aliphatic carbocycles. The number of alkyl halides is 2. The van der Waals surface area contributed by atoms with Crippen molar-refractivity contribution in [1.82, 2.24) is 14.9 Å². The van der Waals surface area contributed by atoms with Crippen LogP contribution < -0.4 is 15.1 Å². The molecule has 0 spiro atoms. The summed E-state index contributed by atoms with van der Waals surface area (Å²) < 4.78 is 38.6. The highest BCUT2D eigenvalue weighted by Crippen LogP contribution is 2.47. The van der Waals surface area contributed by atoms with Gasteiger partial charge < -0.3 is 24.6 Å². The van der Waals surface area contributed by atoms with E-state index in [9.17, 15) is 13.6 Å². The monoisotopic (exact) mass is 529 g/mol. The molecule has 2 saturated heterocycles. The van der Waals surface area contributed by atoms with Crippen LogP contribution in [0.25, 0.3) is 0 Å². The van der Waals surface area contributed by atoms with Crippen molar-refractivity contribution in [2.75, 3.05) is 55.0 Å². The SMILES string of the molecule is CNc1nc(COC(=N)N2CC(F)(F)C[C@@H]2C)nc2c1C(C)(C)C(=O)N2c1ccc(N2CCOCC2)cc1. The number of nitrogens with one attached hydrogen (secondary N) is 2. The molecular formula is C26H33F2N7O3. The second-order valence-corrected chi connectivity index (χ2v) is 10.4. The average molecular weight is 530 g/mol. The zero-order chi connectivity index (χ0) is 27.2. The smallest absolute Gasteiger partial charge is 0.285 e. The van der Waals surface area contributed by atoms with Crippen molar-refractivity contribution in [3.05, 3.63) is 35.7 Å². The first kappa shape index (κ1) is 26.1. The van der Waals surface area contributed by atoms with Gasteiger partial charge in [-0.1, -0.05) is 0 Å². The Kier molecular flexibility index (Phi) is 6.62. The highest BCUT2D eigenvalue weighted by molar-refractivity contribution is 6.12. The summed E-state index contributed by atoms with van der Waals surface area (Å²) in [6, 6.07) is 6.90. The molecule has 3 aliphatic rings. The van der Waals surface area contributed by atoms with E-state index in [2.05, 4.69) is 20.2 Å². The number of aromatic nitrogens is 2. The Hall–Kier alpha value is -3.54. The number of ether oxygens (including phenoxy) is 2. The van der Waals surface area contributed by atoms with Crippen molar-refractivity contribution < 1.29 is 23.0 Å². The summed E-state index contributed by atoms with van der Waals surface area (Å²) in [6.45, 7) is 7.52. The summed E-state index contributed by atoms with van der Waals surface area (Å²) in [6.07, 6.45) is -0.325. The maximum atomic E-state index is 13.8. The van der Waals surface area contributed by atoms with Gasteiger partial charge in [-0.25, -0.2) is 18.7 Å². The molecule has 5 rings (SSSR count). The van der Waals surface area contributed by atoms with Gasteiger partial charge in [0.25, 0.3) is 11.9 Å². The standard InChI is InChI=1S/C26H33F2N7O3/c1-16-13-26(27,28)15-34(16)24(29)38-14-19-31-21(30-4)20-22(32-19)35(23(36)25(20,2)3)18-7-5-17(6-8-18)33-9-11-37-12-10-33/h5-8,16,29H,9-15H2,1-4H3,(H,30,31,32)/t16-/m0/s1. The van der Waals surface area contributed by atoms with Crippen LogP contribution in [-0.4, -0.2) is 78.7 Å². The van der Waals surface area contributed by atoms with Crippen LogP contribution in [0.15, 0.2) is 24.3 Å². The van der Waals surface area contributed by atoms with Crippen molar-refractivity contribution >= 4 is 34.9 Å². The van der Waals surface area contributed by atoms with Crippen LogP contribution in [0.1, 0.15) is 38.6 Å². The van der Waals surface area contributed by atoms with Gasteiger partial charge in [0, 0.05) is 38.3 Å². The van der Waals surface area contributed by atoms with Gasteiger partial charge in [0.1, 0.15) is 11.6 Å². The predicted molar refractivity (Wildman–Crippen MR) is 139 cm³/mol. The Balaban J connectivity index is 1.42. The Labute approximate surface area is 220 Å².